The lowest BCUT2D eigenvalue weighted by Crippen LogP contribution is -2.28. The first-order valence-corrected chi connectivity index (χ1v) is 10.6. The fraction of sp³-hybridized carbons (Fsp3) is 0.200. The van der Waals surface area contributed by atoms with Gasteiger partial charge in [-0.3, -0.25) is 14.9 Å². The first-order chi connectivity index (χ1) is 15.0. The Morgan fingerprint density at radius 2 is 1.74 bits per heavy atom. The van der Waals surface area contributed by atoms with E-state index in [0.29, 0.717) is 17.6 Å². The average Bonchev–Trinajstić information content (AvgIpc) is 3.36. The number of nitrogens with one attached hydrogen (secondary N) is 1. The van der Waals surface area contributed by atoms with Crippen molar-refractivity contribution in [3.8, 4) is 0 Å². The van der Waals surface area contributed by atoms with E-state index < -0.39 is 0 Å². The molecule has 0 spiro atoms. The third kappa shape index (κ3) is 2.48. The lowest BCUT2D eigenvalue weighted by molar-refractivity contribution is -0.122. The van der Waals surface area contributed by atoms with Gasteiger partial charge in [0.05, 0.1) is 16.7 Å². The van der Waals surface area contributed by atoms with Crippen LogP contribution >= 0.6 is 0 Å². The number of fused-ring (bicyclic) bond motifs is 4. The Balaban J connectivity index is 1.73. The molecule has 31 heavy (non-hydrogen) atoms. The molecule has 3 aromatic heterocycles. The molecular weight excluding hydrogens is 388 g/mol. The van der Waals surface area contributed by atoms with E-state index in [0.717, 1.165) is 46.0 Å². The highest BCUT2D eigenvalue weighted by Gasteiger charge is 2.38. The van der Waals surface area contributed by atoms with E-state index >= 15 is 0 Å². The van der Waals surface area contributed by atoms with Gasteiger partial charge in [0.2, 0.25) is 0 Å². The van der Waals surface area contributed by atoms with Gasteiger partial charge in [0, 0.05) is 53.2 Å². The summed E-state index contributed by atoms with van der Waals surface area (Å²) in [4.78, 5) is 26.3. The number of carbonyl (C=O) groups excluding carboxylic acids is 2. The number of aromatic nitrogens is 2. The highest BCUT2D eigenvalue weighted by atomic mass is 16.2. The van der Waals surface area contributed by atoms with Crippen LogP contribution in [0.25, 0.3) is 27.6 Å². The highest BCUT2D eigenvalue weighted by Crippen LogP contribution is 2.41. The van der Waals surface area contributed by atoms with Crippen LogP contribution < -0.4 is 11.1 Å². The fourth-order valence-corrected chi connectivity index (χ4v) is 5.27. The molecule has 1 aliphatic carbocycles. The Morgan fingerprint density at radius 1 is 1.00 bits per heavy atom. The largest absolute Gasteiger partial charge is 0.350 e. The summed E-state index contributed by atoms with van der Waals surface area (Å²) >= 11 is 0. The van der Waals surface area contributed by atoms with Crippen LogP contribution in [0, 0.1) is 0 Å². The van der Waals surface area contributed by atoms with Gasteiger partial charge in [0.1, 0.15) is 0 Å². The number of imide groups is 1. The van der Waals surface area contributed by atoms with Crippen LogP contribution in [-0.2, 0) is 29.5 Å². The van der Waals surface area contributed by atoms with Crippen molar-refractivity contribution >= 4 is 39.4 Å². The van der Waals surface area contributed by atoms with Gasteiger partial charge in [-0.25, -0.2) is 0 Å². The molecule has 1 aromatic carbocycles. The standard InChI is InChI=1S/C25H22N4O2/c1-28-13-17(15-6-2-3-7-18(15)28)22-23(25(31)27-24(22)30)21-16-12-14(26)9-10-19(16)29-11-5-4-8-20(21)29/h2-8,11,13-14H,9-10,12,26H2,1H3,(H,27,30,31). The summed E-state index contributed by atoms with van der Waals surface area (Å²) in [6.07, 6.45) is 6.43. The molecule has 2 aliphatic rings. The second-order valence-electron chi connectivity index (χ2n) is 8.46. The van der Waals surface area contributed by atoms with Crippen molar-refractivity contribution in [1.82, 2.24) is 14.3 Å². The number of benzene rings is 1. The van der Waals surface area contributed by atoms with Gasteiger partial charge in [-0.15, -0.1) is 0 Å². The molecule has 2 amide bonds. The maximum absolute atomic E-state index is 13.2. The summed E-state index contributed by atoms with van der Waals surface area (Å²) in [5.74, 6) is -0.688. The zero-order valence-electron chi connectivity index (χ0n) is 17.2. The number of rotatable bonds is 2. The lowest BCUT2D eigenvalue weighted by atomic mass is 9.87. The van der Waals surface area contributed by atoms with Gasteiger partial charge >= 0.3 is 0 Å². The number of carbonyl (C=O) groups is 2. The number of nitrogens with zero attached hydrogens (tertiary/aromatic N) is 2. The summed E-state index contributed by atoms with van der Waals surface area (Å²) in [7, 11) is 1.95. The maximum Gasteiger partial charge on any atom is 0.259 e. The van der Waals surface area contributed by atoms with Gasteiger partial charge in [0.15, 0.2) is 0 Å². The molecule has 4 heterocycles. The van der Waals surface area contributed by atoms with E-state index in [1.54, 1.807) is 0 Å². The third-order valence-electron chi connectivity index (χ3n) is 6.62. The molecule has 1 unspecified atom stereocenters. The monoisotopic (exact) mass is 410 g/mol. The van der Waals surface area contributed by atoms with Gasteiger partial charge in [-0.1, -0.05) is 24.3 Å². The molecule has 3 N–H and O–H groups in total. The average molecular weight is 410 g/mol. The Morgan fingerprint density at radius 3 is 2.61 bits per heavy atom. The van der Waals surface area contributed by atoms with E-state index in [-0.39, 0.29) is 17.9 Å². The first-order valence-electron chi connectivity index (χ1n) is 10.6. The molecule has 1 aliphatic heterocycles. The lowest BCUT2D eigenvalue weighted by Gasteiger charge is -2.20. The van der Waals surface area contributed by atoms with E-state index in [4.69, 9.17) is 5.73 Å². The maximum atomic E-state index is 13.2. The number of hydrogen-bond acceptors (Lipinski definition) is 3. The van der Waals surface area contributed by atoms with E-state index in [9.17, 15) is 9.59 Å². The molecule has 0 saturated carbocycles. The zero-order valence-corrected chi connectivity index (χ0v) is 17.2. The summed E-state index contributed by atoms with van der Waals surface area (Å²) in [5, 5.41) is 3.51. The minimum atomic E-state index is -0.347. The van der Waals surface area contributed by atoms with Crippen LogP contribution in [0.2, 0.25) is 0 Å². The Hall–Kier alpha value is -3.64. The first kappa shape index (κ1) is 18.2. The second-order valence-corrected chi connectivity index (χ2v) is 8.46. The van der Waals surface area contributed by atoms with Crippen LogP contribution in [0.5, 0.6) is 0 Å². The molecule has 0 radical (unpaired) electrons. The Kier molecular flexibility index (Phi) is 3.76. The minimum absolute atomic E-state index is 0.0467. The van der Waals surface area contributed by atoms with E-state index in [1.165, 1.54) is 5.69 Å². The predicted molar refractivity (Wildman–Crippen MR) is 120 cm³/mol. The summed E-state index contributed by atoms with van der Waals surface area (Å²) in [5.41, 5.74) is 13.1. The van der Waals surface area contributed by atoms with Crippen molar-refractivity contribution in [1.29, 1.82) is 0 Å². The van der Waals surface area contributed by atoms with Crippen LogP contribution in [-0.4, -0.2) is 26.8 Å². The van der Waals surface area contributed by atoms with Crippen LogP contribution in [0.4, 0.5) is 0 Å². The van der Waals surface area contributed by atoms with Crippen molar-refractivity contribution in [2.75, 3.05) is 0 Å². The van der Waals surface area contributed by atoms with E-state index in [1.807, 2.05) is 66.5 Å². The molecular formula is C25H22N4O2. The number of hydrogen-bond donors (Lipinski definition) is 2. The number of amides is 2. The number of aryl methyl sites for hydroxylation is 2. The quantitative estimate of drug-likeness (QED) is 0.499. The van der Waals surface area contributed by atoms with Crippen LogP contribution in [0.3, 0.4) is 0 Å². The van der Waals surface area contributed by atoms with Gasteiger partial charge in [-0.2, -0.15) is 0 Å². The van der Waals surface area contributed by atoms with Crippen molar-refractivity contribution in [2.24, 2.45) is 12.8 Å². The number of para-hydroxylation sites is 1. The topological polar surface area (TPSA) is 81.5 Å². The van der Waals surface area contributed by atoms with Crippen LogP contribution in [0.15, 0.2) is 54.9 Å². The fourth-order valence-electron chi connectivity index (χ4n) is 5.27. The smallest absolute Gasteiger partial charge is 0.259 e. The van der Waals surface area contributed by atoms with Crippen molar-refractivity contribution in [2.45, 2.75) is 25.3 Å². The number of pyridine rings is 1. The molecule has 0 fully saturated rings. The molecule has 6 nitrogen and oxygen atoms in total. The zero-order chi connectivity index (χ0) is 21.3. The summed E-state index contributed by atoms with van der Waals surface area (Å²) in [6, 6.07) is 14.0. The normalized spacial score (nSPS) is 18.8. The SMILES string of the molecule is Cn1cc(C2=C(c3c4c(n5ccccc35)CCC(N)C4)C(=O)NC2=O)c2ccccc21. The Labute approximate surface area is 179 Å². The molecule has 4 aromatic rings. The number of nitrogens with two attached hydrogens (primary N) is 1. The van der Waals surface area contributed by atoms with Crippen molar-refractivity contribution < 1.29 is 9.59 Å². The van der Waals surface area contributed by atoms with Crippen molar-refractivity contribution in [3.05, 3.63) is 77.2 Å². The molecule has 0 saturated heterocycles. The van der Waals surface area contributed by atoms with E-state index in [2.05, 4.69) is 9.72 Å². The molecule has 1 atom stereocenters. The second kappa shape index (κ2) is 6.43. The Bertz CT molecular complexity index is 1450. The van der Waals surface area contributed by atoms with Gasteiger partial charge < -0.3 is 14.7 Å². The van der Waals surface area contributed by atoms with Crippen molar-refractivity contribution in [3.63, 3.8) is 0 Å². The summed E-state index contributed by atoms with van der Waals surface area (Å²) in [6.45, 7) is 0. The highest BCUT2D eigenvalue weighted by molar-refractivity contribution is 6.50. The van der Waals surface area contributed by atoms with Gasteiger partial charge in [-0.05, 0) is 43.0 Å². The molecule has 6 rings (SSSR count). The predicted octanol–water partition coefficient (Wildman–Crippen LogP) is 2.81. The molecule has 0 bridgehead atoms. The third-order valence-corrected chi connectivity index (χ3v) is 6.62. The summed E-state index contributed by atoms with van der Waals surface area (Å²) < 4.78 is 4.15. The molecule has 6 heteroatoms. The molecule has 154 valence electrons. The van der Waals surface area contributed by atoms with Crippen LogP contribution in [0.1, 0.15) is 28.8 Å². The van der Waals surface area contributed by atoms with Gasteiger partial charge in [0.25, 0.3) is 11.8 Å². The minimum Gasteiger partial charge on any atom is -0.350 e.